The molecule has 1 aliphatic rings. The van der Waals surface area contributed by atoms with Crippen LogP contribution in [-0.2, 0) is 11.2 Å². The van der Waals surface area contributed by atoms with E-state index < -0.39 is 5.91 Å². The Labute approximate surface area is 89.6 Å². The van der Waals surface area contributed by atoms with E-state index in [0.717, 1.165) is 5.56 Å². The minimum atomic E-state index is -0.446. The second-order valence-corrected chi connectivity index (χ2v) is 3.35. The summed E-state index contributed by atoms with van der Waals surface area (Å²) in [5, 5.41) is 0.253. The Kier molecular flexibility index (Phi) is 3.83. The van der Waals surface area contributed by atoms with Crippen LogP contribution in [0.1, 0.15) is 26.3 Å². The molecule has 1 amide bonds. The van der Waals surface area contributed by atoms with Crippen LogP contribution in [0.15, 0.2) is 24.3 Å². The van der Waals surface area contributed by atoms with Crippen LogP contribution in [0.2, 0.25) is 0 Å². The van der Waals surface area contributed by atoms with Gasteiger partial charge in [-0.05, 0) is 18.1 Å². The standard InChI is InChI=1S/C10H10FNO.C2H6/c1-7-6-8-4-2-3-5-9(8)12(11)10(7)13;1-2/h2-5,7H,6H2,1H3;1-2H3. The van der Waals surface area contributed by atoms with Crippen LogP contribution in [0, 0.1) is 5.92 Å². The summed E-state index contributed by atoms with van der Waals surface area (Å²) in [6.45, 7) is 5.74. The van der Waals surface area contributed by atoms with Crippen molar-refractivity contribution < 1.29 is 9.28 Å². The summed E-state index contributed by atoms with van der Waals surface area (Å²) in [5.74, 6) is -0.696. The molecule has 0 saturated heterocycles. The summed E-state index contributed by atoms with van der Waals surface area (Å²) < 4.78 is 13.3. The third-order valence-electron chi connectivity index (χ3n) is 2.34. The van der Waals surface area contributed by atoms with Gasteiger partial charge < -0.3 is 0 Å². The maximum absolute atomic E-state index is 13.3. The summed E-state index contributed by atoms with van der Waals surface area (Å²) in [5.41, 5.74) is 1.29. The Bertz CT molecular complexity index is 351. The third kappa shape index (κ3) is 2.17. The number of para-hydroxylation sites is 1. The van der Waals surface area contributed by atoms with Crippen molar-refractivity contribution in [2.24, 2.45) is 5.92 Å². The van der Waals surface area contributed by atoms with Gasteiger partial charge in [0.2, 0.25) is 0 Å². The van der Waals surface area contributed by atoms with Crippen molar-refractivity contribution in [2.45, 2.75) is 27.2 Å². The first kappa shape index (κ1) is 11.7. The number of hydrogen-bond acceptors (Lipinski definition) is 1. The van der Waals surface area contributed by atoms with Crippen molar-refractivity contribution in [3.8, 4) is 0 Å². The average Bonchev–Trinajstić information content (AvgIpc) is 2.29. The highest BCUT2D eigenvalue weighted by Gasteiger charge is 2.29. The first-order valence-electron chi connectivity index (χ1n) is 5.28. The number of amides is 1. The fraction of sp³-hybridized carbons (Fsp3) is 0.417. The highest BCUT2D eigenvalue weighted by Crippen LogP contribution is 2.30. The number of anilines is 1. The van der Waals surface area contributed by atoms with Crippen molar-refractivity contribution in [3.63, 3.8) is 0 Å². The molecule has 2 nitrogen and oxygen atoms in total. The van der Waals surface area contributed by atoms with Crippen LogP contribution in [0.3, 0.4) is 0 Å². The van der Waals surface area contributed by atoms with Crippen molar-refractivity contribution in [3.05, 3.63) is 29.8 Å². The van der Waals surface area contributed by atoms with E-state index in [4.69, 9.17) is 0 Å². The van der Waals surface area contributed by atoms with Crippen LogP contribution in [0.4, 0.5) is 10.2 Å². The van der Waals surface area contributed by atoms with Crippen LogP contribution >= 0.6 is 0 Å². The van der Waals surface area contributed by atoms with Crippen molar-refractivity contribution >= 4 is 11.6 Å². The van der Waals surface area contributed by atoms with Crippen molar-refractivity contribution in [2.75, 3.05) is 5.12 Å². The third-order valence-corrected chi connectivity index (χ3v) is 2.34. The molecular weight excluding hydrogens is 193 g/mol. The van der Waals surface area contributed by atoms with Gasteiger partial charge in [0.25, 0.3) is 5.91 Å². The lowest BCUT2D eigenvalue weighted by atomic mass is 9.95. The summed E-state index contributed by atoms with van der Waals surface area (Å²) in [4.78, 5) is 11.2. The Balaban J connectivity index is 0.000000531. The Morgan fingerprint density at radius 3 is 2.60 bits per heavy atom. The largest absolute Gasteiger partial charge is 0.272 e. The molecule has 0 aliphatic carbocycles. The maximum atomic E-state index is 13.3. The van der Waals surface area contributed by atoms with E-state index >= 15 is 0 Å². The average molecular weight is 209 g/mol. The smallest absolute Gasteiger partial charge is 0.258 e. The fourth-order valence-corrected chi connectivity index (χ4v) is 1.60. The lowest BCUT2D eigenvalue weighted by molar-refractivity contribution is -0.125. The van der Waals surface area contributed by atoms with Gasteiger partial charge in [-0.2, -0.15) is 0 Å². The molecule has 0 N–H and O–H groups in total. The lowest BCUT2D eigenvalue weighted by Crippen LogP contribution is -2.34. The number of rotatable bonds is 0. The summed E-state index contributed by atoms with van der Waals surface area (Å²) >= 11 is 0. The molecule has 3 heteroatoms. The zero-order chi connectivity index (χ0) is 11.4. The van der Waals surface area contributed by atoms with Gasteiger partial charge in [0.15, 0.2) is 0 Å². The Hall–Kier alpha value is -1.38. The number of halogens is 1. The first-order valence-corrected chi connectivity index (χ1v) is 5.28. The maximum Gasteiger partial charge on any atom is 0.258 e. The number of fused-ring (bicyclic) bond motifs is 1. The molecule has 1 atom stereocenters. The zero-order valence-corrected chi connectivity index (χ0v) is 9.33. The second-order valence-electron chi connectivity index (χ2n) is 3.35. The molecular formula is C12H16FNO. The number of carbonyl (C=O) groups excluding carboxylic acids is 1. The van der Waals surface area contributed by atoms with Gasteiger partial charge in [0, 0.05) is 5.92 Å². The normalized spacial score (nSPS) is 19.1. The predicted molar refractivity (Wildman–Crippen MR) is 59.3 cm³/mol. The van der Waals surface area contributed by atoms with Crippen LogP contribution < -0.4 is 5.12 Å². The molecule has 0 aromatic heterocycles. The highest BCUT2D eigenvalue weighted by atomic mass is 19.2. The van der Waals surface area contributed by atoms with E-state index in [-0.39, 0.29) is 11.0 Å². The predicted octanol–water partition coefficient (Wildman–Crippen LogP) is 3.12. The van der Waals surface area contributed by atoms with Gasteiger partial charge in [0.05, 0.1) is 5.69 Å². The molecule has 1 aromatic carbocycles. The fourth-order valence-electron chi connectivity index (χ4n) is 1.60. The molecule has 1 heterocycles. The SMILES string of the molecule is CC.CC1Cc2ccccc2N(F)C1=O. The molecule has 0 fully saturated rings. The Morgan fingerprint density at radius 2 is 1.93 bits per heavy atom. The molecule has 0 radical (unpaired) electrons. The van der Waals surface area contributed by atoms with E-state index in [1.165, 1.54) is 0 Å². The molecule has 0 bridgehead atoms. The molecule has 0 saturated carbocycles. The monoisotopic (exact) mass is 209 g/mol. The summed E-state index contributed by atoms with van der Waals surface area (Å²) in [6.07, 6.45) is 0.634. The highest BCUT2D eigenvalue weighted by molar-refractivity contribution is 5.95. The van der Waals surface area contributed by atoms with Gasteiger partial charge in [-0.1, -0.05) is 43.5 Å². The molecule has 1 aliphatic heterocycles. The van der Waals surface area contributed by atoms with Crippen LogP contribution in [-0.4, -0.2) is 5.91 Å². The number of hydrogen-bond donors (Lipinski definition) is 0. The van der Waals surface area contributed by atoms with Crippen molar-refractivity contribution in [1.29, 1.82) is 0 Å². The summed E-state index contributed by atoms with van der Waals surface area (Å²) in [7, 11) is 0. The van der Waals surface area contributed by atoms with Gasteiger partial charge >= 0.3 is 0 Å². The van der Waals surface area contributed by atoms with Gasteiger partial charge in [-0.15, -0.1) is 5.12 Å². The van der Waals surface area contributed by atoms with E-state index in [0.29, 0.717) is 12.1 Å². The Morgan fingerprint density at radius 1 is 1.33 bits per heavy atom. The molecule has 1 unspecified atom stereocenters. The zero-order valence-electron chi connectivity index (χ0n) is 9.33. The van der Waals surface area contributed by atoms with Gasteiger partial charge in [-0.3, -0.25) is 4.79 Å². The molecule has 1 aromatic rings. The number of benzene rings is 1. The number of nitrogens with zero attached hydrogens (tertiary/aromatic N) is 1. The first-order chi connectivity index (χ1) is 7.20. The van der Waals surface area contributed by atoms with E-state index in [9.17, 15) is 9.28 Å². The van der Waals surface area contributed by atoms with Crippen LogP contribution in [0.25, 0.3) is 0 Å². The summed E-state index contributed by atoms with van der Waals surface area (Å²) in [6, 6.07) is 7.06. The molecule has 2 rings (SSSR count). The van der Waals surface area contributed by atoms with E-state index in [2.05, 4.69) is 0 Å². The van der Waals surface area contributed by atoms with E-state index in [1.54, 1.807) is 19.1 Å². The van der Waals surface area contributed by atoms with Crippen molar-refractivity contribution in [1.82, 2.24) is 0 Å². The second kappa shape index (κ2) is 4.91. The van der Waals surface area contributed by atoms with E-state index in [1.807, 2.05) is 26.0 Å². The number of carbonyl (C=O) groups is 1. The van der Waals surface area contributed by atoms with Gasteiger partial charge in [-0.25, -0.2) is 0 Å². The molecule has 0 spiro atoms. The quantitative estimate of drug-likeness (QED) is 0.601. The minimum absolute atomic E-state index is 0.250. The lowest BCUT2D eigenvalue weighted by Gasteiger charge is -2.25. The molecule has 15 heavy (non-hydrogen) atoms. The topological polar surface area (TPSA) is 20.3 Å². The minimum Gasteiger partial charge on any atom is -0.272 e. The molecule has 82 valence electrons. The van der Waals surface area contributed by atoms with Crippen LogP contribution in [0.5, 0.6) is 0 Å². The van der Waals surface area contributed by atoms with Gasteiger partial charge in [0.1, 0.15) is 0 Å².